The third kappa shape index (κ3) is 7.10. The topological polar surface area (TPSA) is 89.9 Å². The number of unbranched alkanes of at least 4 members (excludes halogenated alkanes) is 1. The molecule has 0 aliphatic carbocycles. The van der Waals surface area contributed by atoms with E-state index in [0.717, 1.165) is 12.5 Å². The van der Waals surface area contributed by atoms with Crippen molar-refractivity contribution in [2.45, 2.75) is 32.3 Å². The molecule has 0 aromatic rings. The molecule has 17 heavy (non-hydrogen) atoms. The van der Waals surface area contributed by atoms with E-state index in [0.29, 0.717) is 18.9 Å². The predicted octanol–water partition coefficient (Wildman–Crippen LogP) is 0.902. The highest BCUT2D eigenvalue weighted by Crippen LogP contribution is 2.07. The first kappa shape index (κ1) is 15.2. The van der Waals surface area contributed by atoms with Crippen LogP contribution in [0.2, 0.25) is 0 Å². The van der Waals surface area contributed by atoms with Gasteiger partial charge in [-0.2, -0.15) is 0 Å². The molecule has 0 bridgehead atoms. The summed E-state index contributed by atoms with van der Waals surface area (Å²) in [6.07, 6.45) is 2.33. The number of carbonyl (C=O) groups excluding carboxylic acids is 2. The Hall–Kier alpha value is -1.85. The van der Waals surface area contributed by atoms with Crippen molar-refractivity contribution in [2.24, 2.45) is 0 Å². The van der Waals surface area contributed by atoms with Crippen LogP contribution in [0.3, 0.4) is 0 Å². The number of aliphatic carboxylic acids is 1. The third-order valence-corrected chi connectivity index (χ3v) is 1.90. The molecule has 1 N–H and O–H groups in total. The second-order valence-corrected chi connectivity index (χ2v) is 3.26. The van der Waals surface area contributed by atoms with E-state index in [4.69, 9.17) is 9.84 Å². The van der Waals surface area contributed by atoms with E-state index in [9.17, 15) is 14.4 Å². The van der Waals surface area contributed by atoms with Crippen molar-refractivity contribution in [1.82, 2.24) is 0 Å². The van der Waals surface area contributed by atoms with Gasteiger partial charge in [0, 0.05) is 12.2 Å². The first-order valence-electron chi connectivity index (χ1n) is 5.20. The molecular formula is C11H16O6. The average molecular weight is 244 g/mol. The van der Waals surface area contributed by atoms with Crippen molar-refractivity contribution in [3.8, 4) is 0 Å². The first-order valence-corrected chi connectivity index (χ1v) is 5.20. The van der Waals surface area contributed by atoms with E-state index in [1.165, 1.54) is 7.11 Å². The Balaban J connectivity index is 4.36. The zero-order valence-corrected chi connectivity index (χ0v) is 9.84. The van der Waals surface area contributed by atoms with Crippen molar-refractivity contribution in [2.75, 3.05) is 7.11 Å². The minimum atomic E-state index is -1.26. The van der Waals surface area contributed by atoms with Crippen LogP contribution >= 0.6 is 0 Å². The largest absolute Gasteiger partial charge is 0.478 e. The van der Waals surface area contributed by atoms with Gasteiger partial charge < -0.3 is 14.6 Å². The van der Waals surface area contributed by atoms with Gasteiger partial charge in [-0.1, -0.05) is 13.3 Å². The van der Waals surface area contributed by atoms with Gasteiger partial charge in [0.25, 0.3) is 0 Å². The summed E-state index contributed by atoms with van der Waals surface area (Å²) in [5, 5.41) is 8.31. The molecule has 0 amide bonds. The van der Waals surface area contributed by atoms with Crippen molar-refractivity contribution in [3.63, 3.8) is 0 Å². The number of carboxylic acid groups (broad SMARTS) is 1. The van der Waals surface area contributed by atoms with E-state index in [1.807, 2.05) is 6.92 Å². The lowest BCUT2D eigenvalue weighted by Crippen LogP contribution is -2.27. The summed E-state index contributed by atoms with van der Waals surface area (Å²) < 4.78 is 9.27. The fourth-order valence-corrected chi connectivity index (χ4v) is 1.06. The van der Waals surface area contributed by atoms with Gasteiger partial charge in [-0.05, 0) is 12.8 Å². The van der Waals surface area contributed by atoms with Crippen LogP contribution in [0.25, 0.3) is 0 Å². The molecule has 6 heteroatoms. The van der Waals surface area contributed by atoms with Crippen LogP contribution in [0.15, 0.2) is 12.2 Å². The number of carbonyl (C=O) groups is 3. The summed E-state index contributed by atoms with van der Waals surface area (Å²) in [7, 11) is 1.20. The van der Waals surface area contributed by atoms with Crippen molar-refractivity contribution < 1.29 is 29.0 Å². The number of rotatable bonds is 7. The molecule has 0 aliphatic heterocycles. The number of ether oxygens (including phenoxy) is 2. The summed E-state index contributed by atoms with van der Waals surface area (Å²) in [6.45, 7) is 1.93. The monoisotopic (exact) mass is 244 g/mol. The van der Waals surface area contributed by atoms with Gasteiger partial charge in [-0.25, -0.2) is 14.4 Å². The molecule has 0 heterocycles. The highest BCUT2D eigenvalue weighted by Gasteiger charge is 2.22. The van der Waals surface area contributed by atoms with Crippen LogP contribution in [-0.4, -0.2) is 36.2 Å². The summed E-state index contributed by atoms with van der Waals surface area (Å²) in [4.78, 5) is 32.6. The van der Waals surface area contributed by atoms with Gasteiger partial charge >= 0.3 is 17.9 Å². The lowest BCUT2D eigenvalue weighted by Gasteiger charge is -2.13. The smallest absolute Gasteiger partial charge is 0.347 e. The maximum Gasteiger partial charge on any atom is 0.347 e. The zero-order chi connectivity index (χ0) is 13.3. The number of hydrogen-bond donors (Lipinski definition) is 1. The minimum absolute atomic E-state index is 0.357. The van der Waals surface area contributed by atoms with Gasteiger partial charge in [0.1, 0.15) is 0 Å². The Morgan fingerprint density at radius 2 is 1.94 bits per heavy atom. The average Bonchev–Trinajstić information content (AvgIpc) is 2.30. The Kier molecular flexibility index (Phi) is 7.41. The summed E-state index contributed by atoms with van der Waals surface area (Å²) >= 11 is 0. The molecule has 0 spiro atoms. The van der Waals surface area contributed by atoms with Crippen LogP contribution in [0, 0.1) is 0 Å². The molecule has 0 radical (unpaired) electrons. The maximum atomic E-state index is 11.3. The Labute approximate surface area is 99.2 Å². The Morgan fingerprint density at radius 1 is 1.29 bits per heavy atom. The quantitative estimate of drug-likeness (QED) is 0.528. The van der Waals surface area contributed by atoms with Gasteiger partial charge in [0.2, 0.25) is 0 Å². The predicted molar refractivity (Wildman–Crippen MR) is 58.2 cm³/mol. The van der Waals surface area contributed by atoms with Crippen molar-refractivity contribution >= 4 is 17.9 Å². The van der Waals surface area contributed by atoms with Crippen LogP contribution < -0.4 is 0 Å². The number of hydrogen-bond acceptors (Lipinski definition) is 5. The van der Waals surface area contributed by atoms with E-state index in [2.05, 4.69) is 4.74 Å². The molecule has 0 saturated heterocycles. The number of methoxy groups -OCH3 is 1. The summed E-state index contributed by atoms with van der Waals surface area (Å²) in [6, 6.07) is 0. The lowest BCUT2D eigenvalue weighted by atomic mass is 10.1. The van der Waals surface area contributed by atoms with E-state index >= 15 is 0 Å². The van der Waals surface area contributed by atoms with Gasteiger partial charge in [-0.3, -0.25) is 0 Å². The van der Waals surface area contributed by atoms with Gasteiger partial charge in [0.05, 0.1) is 7.11 Å². The van der Waals surface area contributed by atoms with E-state index < -0.39 is 24.0 Å². The molecule has 0 aliphatic rings. The van der Waals surface area contributed by atoms with E-state index in [1.54, 1.807) is 0 Å². The van der Waals surface area contributed by atoms with Crippen LogP contribution in [0.1, 0.15) is 26.2 Å². The normalized spacial score (nSPS) is 12.1. The molecule has 0 fully saturated rings. The lowest BCUT2D eigenvalue weighted by molar-refractivity contribution is -0.163. The zero-order valence-electron chi connectivity index (χ0n) is 9.84. The maximum absolute atomic E-state index is 11.3. The molecule has 0 saturated carbocycles. The summed E-state index contributed by atoms with van der Waals surface area (Å²) in [5.41, 5.74) is 0. The molecule has 0 rings (SSSR count). The molecule has 1 unspecified atom stereocenters. The minimum Gasteiger partial charge on any atom is -0.478 e. The molecule has 0 aromatic heterocycles. The molecule has 1 atom stereocenters. The summed E-state index contributed by atoms with van der Waals surface area (Å²) in [5.74, 6) is -2.78. The molecule has 96 valence electrons. The third-order valence-electron chi connectivity index (χ3n) is 1.90. The highest BCUT2D eigenvalue weighted by atomic mass is 16.6. The molecule has 6 nitrogen and oxygen atoms in total. The Bertz CT molecular complexity index is 307. The van der Waals surface area contributed by atoms with Crippen LogP contribution in [0.4, 0.5) is 0 Å². The fraction of sp³-hybridized carbons (Fsp3) is 0.545. The van der Waals surface area contributed by atoms with Crippen LogP contribution in [0.5, 0.6) is 0 Å². The number of carboxylic acids is 1. The standard InChI is InChI=1S/C11H16O6/c1-3-4-5-8(11(15)16-2)17-10(14)7-6-9(12)13/h6-8H,3-5H2,1-2H3,(H,12,13)/b7-6+. The molecule has 0 aromatic carbocycles. The van der Waals surface area contributed by atoms with Crippen molar-refractivity contribution in [1.29, 1.82) is 0 Å². The fourth-order valence-electron chi connectivity index (χ4n) is 1.06. The Morgan fingerprint density at radius 3 is 2.41 bits per heavy atom. The van der Waals surface area contributed by atoms with Gasteiger partial charge in [-0.15, -0.1) is 0 Å². The van der Waals surface area contributed by atoms with E-state index in [-0.39, 0.29) is 0 Å². The first-order chi connectivity index (χ1) is 8.01. The SMILES string of the molecule is CCCCC(OC(=O)/C=C/C(=O)O)C(=O)OC. The number of esters is 2. The van der Waals surface area contributed by atoms with Crippen LogP contribution in [-0.2, 0) is 23.9 Å². The van der Waals surface area contributed by atoms with Crippen molar-refractivity contribution in [3.05, 3.63) is 12.2 Å². The second kappa shape index (κ2) is 8.32. The molecular weight excluding hydrogens is 228 g/mol. The van der Waals surface area contributed by atoms with Gasteiger partial charge in [0.15, 0.2) is 6.10 Å². The highest BCUT2D eigenvalue weighted by molar-refractivity contribution is 5.91. The second-order valence-electron chi connectivity index (χ2n) is 3.26.